The highest BCUT2D eigenvalue weighted by Crippen LogP contribution is 2.16. The van der Waals surface area contributed by atoms with Crippen LogP contribution in [0.5, 0.6) is 0 Å². The fourth-order valence-corrected chi connectivity index (χ4v) is 3.08. The largest absolute Gasteiger partial charge is 0.396 e. The molecule has 1 aromatic carbocycles. The molecule has 1 aliphatic rings. The smallest absolute Gasteiger partial charge is 0.191 e. The molecule has 0 radical (unpaired) electrons. The van der Waals surface area contributed by atoms with Crippen LogP contribution >= 0.6 is 24.0 Å². The minimum atomic E-state index is 0. The summed E-state index contributed by atoms with van der Waals surface area (Å²) in [5.41, 5.74) is 2.81. The van der Waals surface area contributed by atoms with Crippen LogP contribution in [0.2, 0.25) is 0 Å². The Kier molecular flexibility index (Phi) is 11.2. The van der Waals surface area contributed by atoms with Crippen LogP contribution in [-0.2, 0) is 6.54 Å². The van der Waals surface area contributed by atoms with Gasteiger partial charge in [-0.3, -0.25) is 9.89 Å². The predicted molar refractivity (Wildman–Crippen MR) is 120 cm³/mol. The van der Waals surface area contributed by atoms with E-state index in [1.165, 1.54) is 11.1 Å². The van der Waals surface area contributed by atoms with Gasteiger partial charge in [-0.05, 0) is 43.7 Å². The minimum absolute atomic E-state index is 0. The molecule has 1 heterocycles. The molecule has 1 aliphatic heterocycles. The average Bonchev–Trinajstić information content (AvgIpc) is 2.63. The van der Waals surface area contributed by atoms with Crippen LogP contribution in [0.15, 0.2) is 29.3 Å². The van der Waals surface area contributed by atoms with E-state index >= 15 is 0 Å². The highest BCUT2D eigenvalue weighted by molar-refractivity contribution is 14.0. The fourth-order valence-electron chi connectivity index (χ4n) is 3.08. The zero-order valence-electron chi connectivity index (χ0n) is 16.4. The van der Waals surface area contributed by atoms with Gasteiger partial charge in [-0.25, -0.2) is 0 Å². The zero-order chi connectivity index (χ0) is 18.1. The van der Waals surface area contributed by atoms with Gasteiger partial charge in [-0.2, -0.15) is 0 Å². The second-order valence-corrected chi connectivity index (χ2v) is 7.13. The van der Waals surface area contributed by atoms with Gasteiger partial charge in [0.25, 0.3) is 0 Å². The van der Waals surface area contributed by atoms with E-state index in [0.717, 1.165) is 45.0 Å². The number of hydrogen-bond acceptors (Lipinski definition) is 3. The van der Waals surface area contributed by atoms with Crippen LogP contribution in [0, 0.1) is 12.8 Å². The van der Waals surface area contributed by atoms with Crippen molar-refractivity contribution in [3.05, 3.63) is 35.4 Å². The number of halogens is 1. The molecule has 3 N–H and O–H groups in total. The van der Waals surface area contributed by atoms with Gasteiger partial charge in [0.2, 0.25) is 0 Å². The third kappa shape index (κ3) is 7.80. The van der Waals surface area contributed by atoms with Gasteiger partial charge in [0.15, 0.2) is 5.96 Å². The molecule has 1 unspecified atom stereocenters. The summed E-state index contributed by atoms with van der Waals surface area (Å²) in [5, 5.41) is 16.0. The van der Waals surface area contributed by atoms with Crippen LogP contribution in [0.1, 0.15) is 37.8 Å². The van der Waals surface area contributed by atoms with Crippen LogP contribution in [-0.4, -0.2) is 54.8 Å². The Morgan fingerprint density at radius 2 is 2.00 bits per heavy atom. The van der Waals surface area contributed by atoms with E-state index in [1.807, 2.05) is 6.92 Å². The molecule has 0 saturated carbocycles. The number of aryl methyl sites for hydroxylation is 1. The highest BCUT2D eigenvalue weighted by Gasteiger charge is 2.20. The Hall–Kier alpha value is -0.860. The normalized spacial score (nSPS) is 17.5. The molecular weight excluding hydrogens is 439 g/mol. The van der Waals surface area contributed by atoms with E-state index in [2.05, 4.69) is 58.6 Å². The number of piperidine rings is 1. The quantitative estimate of drug-likeness (QED) is 0.323. The summed E-state index contributed by atoms with van der Waals surface area (Å²) in [7, 11) is 0. The lowest BCUT2D eigenvalue weighted by Gasteiger charge is -2.33. The third-order valence-corrected chi connectivity index (χ3v) is 4.80. The Labute approximate surface area is 175 Å². The van der Waals surface area contributed by atoms with E-state index in [9.17, 15) is 0 Å². The lowest BCUT2D eigenvalue weighted by Crippen LogP contribution is -2.48. The first-order chi connectivity index (χ1) is 12.1. The predicted octanol–water partition coefficient (Wildman–Crippen LogP) is 2.76. The number of nitrogens with one attached hydrogen (secondary N) is 2. The maximum Gasteiger partial charge on any atom is 0.191 e. The molecule has 1 fully saturated rings. The number of nitrogens with zero attached hydrogens (tertiary/aromatic N) is 2. The second-order valence-electron chi connectivity index (χ2n) is 7.13. The molecule has 5 nitrogen and oxygen atoms in total. The molecule has 0 aliphatic carbocycles. The molecule has 1 saturated heterocycles. The first kappa shape index (κ1) is 23.2. The molecule has 0 aromatic heterocycles. The standard InChI is InChI=1S/C20H34N4O.HI/c1-4-21-20(22-13-16(2)15-25)23-19-9-11-24(12-10-19)14-18-8-6-5-7-17(18)3;/h5-8,16,19,25H,4,9-15H2,1-3H3,(H2,21,22,23);1H. The van der Waals surface area contributed by atoms with Crippen LogP contribution in [0.3, 0.4) is 0 Å². The van der Waals surface area contributed by atoms with E-state index in [0.29, 0.717) is 12.6 Å². The van der Waals surface area contributed by atoms with E-state index in [1.54, 1.807) is 0 Å². The Morgan fingerprint density at radius 1 is 1.31 bits per heavy atom. The van der Waals surface area contributed by atoms with E-state index in [-0.39, 0.29) is 36.5 Å². The van der Waals surface area contributed by atoms with Crippen molar-refractivity contribution in [3.63, 3.8) is 0 Å². The van der Waals surface area contributed by atoms with Crippen molar-refractivity contribution in [2.24, 2.45) is 10.9 Å². The van der Waals surface area contributed by atoms with Gasteiger partial charge in [0.05, 0.1) is 0 Å². The molecule has 148 valence electrons. The van der Waals surface area contributed by atoms with Crippen molar-refractivity contribution in [2.45, 2.75) is 46.2 Å². The van der Waals surface area contributed by atoms with Gasteiger partial charge in [0, 0.05) is 45.4 Å². The van der Waals surface area contributed by atoms with Gasteiger partial charge in [0.1, 0.15) is 0 Å². The summed E-state index contributed by atoms with van der Waals surface area (Å²) in [5.74, 6) is 1.08. The monoisotopic (exact) mass is 474 g/mol. The molecule has 0 spiro atoms. The molecule has 26 heavy (non-hydrogen) atoms. The van der Waals surface area contributed by atoms with E-state index < -0.39 is 0 Å². The summed E-state index contributed by atoms with van der Waals surface area (Å²) in [6, 6.07) is 9.13. The Morgan fingerprint density at radius 3 is 2.62 bits per heavy atom. The molecule has 1 atom stereocenters. The topological polar surface area (TPSA) is 59.9 Å². The third-order valence-electron chi connectivity index (χ3n) is 4.80. The molecule has 1 aromatic rings. The first-order valence-electron chi connectivity index (χ1n) is 9.55. The number of guanidine groups is 1. The summed E-state index contributed by atoms with van der Waals surface area (Å²) in [4.78, 5) is 7.14. The maximum absolute atomic E-state index is 9.15. The maximum atomic E-state index is 9.15. The Bertz CT molecular complexity index is 544. The number of likely N-dealkylation sites (tertiary alicyclic amines) is 1. The second kappa shape index (κ2) is 12.5. The van der Waals surface area contributed by atoms with Gasteiger partial charge in [-0.15, -0.1) is 24.0 Å². The number of rotatable bonds is 7. The van der Waals surface area contributed by atoms with Crippen LogP contribution in [0.25, 0.3) is 0 Å². The van der Waals surface area contributed by atoms with Crippen LogP contribution in [0.4, 0.5) is 0 Å². The first-order valence-corrected chi connectivity index (χ1v) is 9.55. The fraction of sp³-hybridized carbons (Fsp3) is 0.650. The average molecular weight is 474 g/mol. The Balaban J connectivity index is 0.00000338. The van der Waals surface area contributed by atoms with Gasteiger partial charge >= 0.3 is 0 Å². The molecule has 6 heteroatoms. The van der Waals surface area contributed by atoms with Crippen molar-refractivity contribution < 1.29 is 5.11 Å². The SMILES string of the molecule is CCNC(=NCC(C)CO)NC1CCN(Cc2ccccc2C)CC1.I. The van der Waals surface area contributed by atoms with Crippen molar-refractivity contribution in [3.8, 4) is 0 Å². The highest BCUT2D eigenvalue weighted by atomic mass is 127. The summed E-state index contributed by atoms with van der Waals surface area (Å²) < 4.78 is 0. The van der Waals surface area contributed by atoms with Gasteiger partial charge in [-0.1, -0.05) is 31.2 Å². The van der Waals surface area contributed by atoms with Crippen molar-refractivity contribution in [2.75, 3.05) is 32.8 Å². The molecular formula is C20H35IN4O. The van der Waals surface area contributed by atoms with E-state index in [4.69, 9.17) is 5.11 Å². The molecule has 0 amide bonds. The summed E-state index contributed by atoms with van der Waals surface area (Å²) in [6.45, 7) is 11.2. The number of aliphatic imine (C=N–C) groups is 1. The number of aliphatic hydroxyl groups is 1. The number of benzene rings is 1. The summed E-state index contributed by atoms with van der Waals surface area (Å²) >= 11 is 0. The van der Waals surface area contributed by atoms with Crippen molar-refractivity contribution in [1.82, 2.24) is 15.5 Å². The zero-order valence-corrected chi connectivity index (χ0v) is 18.7. The van der Waals surface area contributed by atoms with Crippen molar-refractivity contribution in [1.29, 1.82) is 0 Å². The minimum Gasteiger partial charge on any atom is -0.396 e. The number of hydrogen-bond donors (Lipinski definition) is 3. The lowest BCUT2D eigenvalue weighted by atomic mass is 10.0. The molecule has 0 bridgehead atoms. The van der Waals surface area contributed by atoms with Crippen molar-refractivity contribution >= 4 is 29.9 Å². The number of aliphatic hydroxyl groups excluding tert-OH is 1. The van der Waals surface area contributed by atoms with Gasteiger partial charge < -0.3 is 15.7 Å². The van der Waals surface area contributed by atoms with Crippen LogP contribution < -0.4 is 10.6 Å². The molecule has 2 rings (SSSR count). The summed E-state index contributed by atoms with van der Waals surface area (Å²) in [6.07, 6.45) is 2.26. The lowest BCUT2D eigenvalue weighted by molar-refractivity contribution is 0.198.